The van der Waals surface area contributed by atoms with Crippen molar-refractivity contribution in [3.8, 4) is 17.2 Å². The van der Waals surface area contributed by atoms with Crippen LogP contribution in [0.1, 0.15) is 17.0 Å². The van der Waals surface area contributed by atoms with E-state index in [1.807, 2.05) is 61.5 Å². The fraction of sp³-hybridized carbons (Fsp3) is 0.200. The Morgan fingerprint density at radius 3 is 2.48 bits per heavy atom. The molecule has 3 rings (SSSR count). The van der Waals surface area contributed by atoms with Crippen LogP contribution in [0.15, 0.2) is 59.0 Å². The predicted octanol–water partition coefficient (Wildman–Crippen LogP) is 3.94. The Labute approximate surface area is 146 Å². The summed E-state index contributed by atoms with van der Waals surface area (Å²) in [5, 5.41) is 0. The molecule has 0 aliphatic rings. The van der Waals surface area contributed by atoms with Crippen molar-refractivity contribution in [3.05, 3.63) is 71.6 Å². The molecule has 128 valence electrons. The van der Waals surface area contributed by atoms with Crippen LogP contribution in [-0.4, -0.2) is 18.1 Å². The number of ether oxygens (including phenoxy) is 2. The Morgan fingerprint density at radius 1 is 1.08 bits per heavy atom. The van der Waals surface area contributed by atoms with Crippen LogP contribution in [-0.2, 0) is 22.6 Å². The molecule has 0 saturated carbocycles. The number of nitrogens with zero attached hydrogens (tertiary/aromatic N) is 1. The molecule has 0 amide bonds. The molecule has 2 aromatic carbocycles. The van der Waals surface area contributed by atoms with Crippen LogP contribution in [0.5, 0.6) is 5.75 Å². The van der Waals surface area contributed by atoms with E-state index in [1.54, 1.807) is 0 Å². The lowest BCUT2D eigenvalue weighted by atomic mass is 10.1. The van der Waals surface area contributed by atoms with Gasteiger partial charge in [-0.25, -0.2) is 4.98 Å². The molecule has 5 nitrogen and oxygen atoms in total. The van der Waals surface area contributed by atoms with Gasteiger partial charge in [-0.2, -0.15) is 0 Å². The Morgan fingerprint density at radius 2 is 1.80 bits per heavy atom. The fourth-order valence-corrected chi connectivity index (χ4v) is 2.36. The molecule has 0 radical (unpaired) electrons. The molecule has 0 saturated heterocycles. The van der Waals surface area contributed by atoms with Crippen LogP contribution in [0.25, 0.3) is 11.5 Å². The lowest BCUT2D eigenvalue weighted by molar-refractivity contribution is -0.139. The second-order valence-electron chi connectivity index (χ2n) is 5.57. The number of benzene rings is 2. The zero-order chi connectivity index (χ0) is 17.6. The van der Waals surface area contributed by atoms with Gasteiger partial charge in [-0.3, -0.25) is 4.79 Å². The summed E-state index contributed by atoms with van der Waals surface area (Å²) >= 11 is 0. The van der Waals surface area contributed by atoms with Gasteiger partial charge >= 0.3 is 5.97 Å². The third-order valence-electron chi connectivity index (χ3n) is 3.79. The number of hydrogen-bond acceptors (Lipinski definition) is 5. The van der Waals surface area contributed by atoms with Crippen molar-refractivity contribution in [2.75, 3.05) is 7.11 Å². The summed E-state index contributed by atoms with van der Waals surface area (Å²) < 4.78 is 16.1. The van der Waals surface area contributed by atoms with Crippen molar-refractivity contribution in [2.24, 2.45) is 0 Å². The largest absolute Gasteiger partial charge is 0.487 e. The summed E-state index contributed by atoms with van der Waals surface area (Å²) in [6.45, 7) is 2.19. The maximum atomic E-state index is 11.3. The highest BCUT2D eigenvalue weighted by atomic mass is 16.5. The first-order chi connectivity index (χ1) is 12.2. The highest BCUT2D eigenvalue weighted by molar-refractivity contribution is 5.72. The number of aryl methyl sites for hydroxylation is 1. The minimum atomic E-state index is -0.264. The normalized spacial score (nSPS) is 10.5. The number of carbonyl (C=O) groups is 1. The Hall–Kier alpha value is -3.08. The van der Waals surface area contributed by atoms with E-state index in [0.29, 0.717) is 18.2 Å². The van der Waals surface area contributed by atoms with Gasteiger partial charge in [0.25, 0.3) is 0 Å². The topological polar surface area (TPSA) is 61.6 Å². The van der Waals surface area contributed by atoms with Crippen LogP contribution in [0, 0.1) is 6.92 Å². The molecule has 3 aromatic rings. The van der Waals surface area contributed by atoms with E-state index >= 15 is 0 Å². The van der Waals surface area contributed by atoms with Crippen molar-refractivity contribution < 1.29 is 18.7 Å². The van der Waals surface area contributed by atoms with Gasteiger partial charge in [0.2, 0.25) is 5.89 Å². The second-order valence-corrected chi connectivity index (χ2v) is 5.57. The standard InChI is InChI=1S/C20H19NO4/c1-14-18(21-20(25-14)16-6-4-3-5-7-16)13-24-17-10-8-15(9-11-17)12-19(22)23-2/h3-11H,12-13H2,1-2H3. The average molecular weight is 337 g/mol. The number of oxazole rings is 1. The maximum absolute atomic E-state index is 11.3. The zero-order valence-electron chi connectivity index (χ0n) is 14.2. The smallest absolute Gasteiger partial charge is 0.309 e. The summed E-state index contributed by atoms with van der Waals surface area (Å²) in [5.41, 5.74) is 2.57. The number of aromatic nitrogens is 1. The summed E-state index contributed by atoms with van der Waals surface area (Å²) in [6.07, 6.45) is 0.250. The van der Waals surface area contributed by atoms with Gasteiger partial charge in [-0.1, -0.05) is 30.3 Å². The van der Waals surface area contributed by atoms with Crippen molar-refractivity contribution in [1.82, 2.24) is 4.98 Å². The van der Waals surface area contributed by atoms with Crippen LogP contribution in [0.4, 0.5) is 0 Å². The molecule has 1 aromatic heterocycles. The molecule has 0 unspecified atom stereocenters. The number of hydrogen-bond donors (Lipinski definition) is 0. The summed E-state index contributed by atoms with van der Waals surface area (Å²) in [4.78, 5) is 15.8. The van der Waals surface area contributed by atoms with Gasteiger partial charge in [0.05, 0.1) is 13.5 Å². The SMILES string of the molecule is COC(=O)Cc1ccc(OCc2nc(-c3ccccc3)oc2C)cc1. The molecule has 0 spiro atoms. The summed E-state index contributed by atoms with van der Waals surface area (Å²) in [5.74, 6) is 1.77. The highest BCUT2D eigenvalue weighted by Gasteiger charge is 2.12. The lowest BCUT2D eigenvalue weighted by Crippen LogP contribution is -2.04. The molecule has 5 heteroatoms. The molecule has 0 aliphatic heterocycles. The van der Waals surface area contributed by atoms with Gasteiger partial charge in [0.15, 0.2) is 0 Å². The number of esters is 1. The summed E-state index contributed by atoms with van der Waals surface area (Å²) in [6, 6.07) is 17.1. The van der Waals surface area contributed by atoms with Gasteiger partial charge in [0.1, 0.15) is 23.8 Å². The molecule has 1 heterocycles. The fourth-order valence-electron chi connectivity index (χ4n) is 2.36. The first-order valence-electron chi connectivity index (χ1n) is 7.96. The monoisotopic (exact) mass is 337 g/mol. The van der Waals surface area contributed by atoms with E-state index in [1.165, 1.54) is 7.11 Å². The van der Waals surface area contributed by atoms with Gasteiger partial charge in [0, 0.05) is 5.56 Å². The third kappa shape index (κ3) is 4.26. The van der Waals surface area contributed by atoms with Gasteiger partial charge < -0.3 is 13.9 Å². The first-order valence-corrected chi connectivity index (χ1v) is 7.96. The summed E-state index contributed by atoms with van der Waals surface area (Å²) in [7, 11) is 1.38. The van der Waals surface area contributed by atoms with Crippen LogP contribution in [0.2, 0.25) is 0 Å². The molecular weight excluding hydrogens is 318 g/mol. The lowest BCUT2D eigenvalue weighted by Gasteiger charge is -2.05. The van der Waals surface area contributed by atoms with Gasteiger partial charge in [-0.15, -0.1) is 0 Å². The minimum Gasteiger partial charge on any atom is -0.487 e. The van der Waals surface area contributed by atoms with E-state index in [0.717, 1.165) is 22.6 Å². The molecule has 0 aliphatic carbocycles. The van der Waals surface area contributed by atoms with Crippen molar-refractivity contribution >= 4 is 5.97 Å². The van der Waals surface area contributed by atoms with Crippen LogP contribution in [0.3, 0.4) is 0 Å². The van der Waals surface area contributed by atoms with E-state index in [-0.39, 0.29) is 12.4 Å². The second kappa shape index (κ2) is 7.66. The maximum Gasteiger partial charge on any atom is 0.309 e. The van der Waals surface area contributed by atoms with Crippen LogP contribution < -0.4 is 4.74 Å². The van der Waals surface area contributed by atoms with E-state index in [9.17, 15) is 4.79 Å². The number of carbonyl (C=O) groups excluding carboxylic acids is 1. The molecule has 0 fully saturated rings. The molecule has 0 N–H and O–H groups in total. The predicted molar refractivity (Wildman–Crippen MR) is 93.2 cm³/mol. The molecule has 0 bridgehead atoms. The van der Waals surface area contributed by atoms with E-state index in [4.69, 9.17) is 9.15 Å². The first kappa shape index (κ1) is 16.8. The average Bonchev–Trinajstić information content (AvgIpc) is 3.02. The Bertz CT molecular complexity index is 838. The van der Waals surface area contributed by atoms with Gasteiger partial charge in [-0.05, 0) is 36.8 Å². The highest BCUT2D eigenvalue weighted by Crippen LogP contribution is 2.22. The third-order valence-corrected chi connectivity index (χ3v) is 3.79. The quantitative estimate of drug-likeness (QED) is 0.638. The zero-order valence-corrected chi connectivity index (χ0v) is 14.2. The molecule has 0 atom stereocenters. The van der Waals surface area contributed by atoms with Crippen molar-refractivity contribution in [2.45, 2.75) is 20.0 Å². The van der Waals surface area contributed by atoms with E-state index in [2.05, 4.69) is 9.72 Å². The number of rotatable bonds is 6. The van der Waals surface area contributed by atoms with Crippen LogP contribution >= 0.6 is 0 Å². The Kier molecular flexibility index (Phi) is 5.14. The Balaban J connectivity index is 1.64. The minimum absolute atomic E-state index is 0.250. The van der Waals surface area contributed by atoms with Crippen molar-refractivity contribution in [1.29, 1.82) is 0 Å². The van der Waals surface area contributed by atoms with Crippen molar-refractivity contribution in [3.63, 3.8) is 0 Å². The van der Waals surface area contributed by atoms with E-state index < -0.39 is 0 Å². The molecule has 25 heavy (non-hydrogen) atoms. The molecular formula is C20H19NO4. The number of methoxy groups -OCH3 is 1.